The van der Waals surface area contributed by atoms with E-state index in [9.17, 15) is 0 Å². The molecule has 0 radical (unpaired) electrons. The van der Waals surface area contributed by atoms with E-state index in [-0.39, 0.29) is 0 Å². The molecule has 2 aliphatic heterocycles. The summed E-state index contributed by atoms with van der Waals surface area (Å²) in [6.45, 7) is 4.32. The van der Waals surface area contributed by atoms with E-state index in [1.807, 2.05) is 6.07 Å². The smallest absolute Gasteiger partial charge is 0.122 e. The van der Waals surface area contributed by atoms with Gasteiger partial charge in [-0.05, 0) is 17.2 Å². The number of methoxy groups -OCH3 is 1. The number of fused-ring (bicyclic) bond motifs is 3. The van der Waals surface area contributed by atoms with E-state index in [0.717, 1.165) is 31.9 Å². The average Bonchev–Trinajstić information content (AvgIpc) is 2.61. The molecular formula is C19H22N2O. The van der Waals surface area contributed by atoms with Gasteiger partial charge in [0.05, 0.1) is 7.11 Å². The lowest BCUT2D eigenvalue weighted by atomic mass is 9.80. The molecule has 2 aromatic rings. The van der Waals surface area contributed by atoms with Crippen molar-refractivity contribution in [3.05, 3.63) is 65.2 Å². The van der Waals surface area contributed by atoms with E-state index in [0.29, 0.717) is 12.0 Å². The second kappa shape index (κ2) is 5.75. The summed E-state index contributed by atoms with van der Waals surface area (Å²) in [6, 6.07) is 17.9. The SMILES string of the molecule is COc1ccccc1[C@@H]1CN2CCNC[C@@H]2c2ccccc21. The molecule has 2 heterocycles. The number of ether oxygens (including phenoxy) is 1. The van der Waals surface area contributed by atoms with Gasteiger partial charge in [0.1, 0.15) is 5.75 Å². The highest BCUT2D eigenvalue weighted by molar-refractivity contribution is 5.47. The van der Waals surface area contributed by atoms with Crippen molar-refractivity contribution in [2.75, 3.05) is 33.3 Å². The highest BCUT2D eigenvalue weighted by Gasteiger charge is 2.35. The maximum absolute atomic E-state index is 5.62. The van der Waals surface area contributed by atoms with Crippen molar-refractivity contribution in [3.63, 3.8) is 0 Å². The van der Waals surface area contributed by atoms with Gasteiger partial charge in [-0.3, -0.25) is 4.90 Å². The predicted octanol–water partition coefficient (Wildman–Crippen LogP) is 2.79. The molecule has 3 heteroatoms. The molecule has 0 bridgehead atoms. The highest BCUT2D eigenvalue weighted by atomic mass is 16.5. The van der Waals surface area contributed by atoms with E-state index in [2.05, 4.69) is 52.7 Å². The van der Waals surface area contributed by atoms with Crippen LogP contribution in [0, 0.1) is 0 Å². The van der Waals surface area contributed by atoms with E-state index >= 15 is 0 Å². The molecule has 1 fully saturated rings. The molecule has 0 unspecified atom stereocenters. The Labute approximate surface area is 131 Å². The minimum absolute atomic E-state index is 0.390. The van der Waals surface area contributed by atoms with Crippen molar-refractivity contribution >= 4 is 0 Å². The topological polar surface area (TPSA) is 24.5 Å². The van der Waals surface area contributed by atoms with Gasteiger partial charge in [-0.25, -0.2) is 0 Å². The molecule has 0 amide bonds. The lowest BCUT2D eigenvalue weighted by molar-refractivity contribution is 0.142. The van der Waals surface area contributed by atoms with Crippen molar-refractivity contribution < 1.29 is 4.74 Å². The maximum Gasteiger partial charge on any atom is 0.122 e. The molecule has 114 valence electrons. The number of piperazine rings is 1. The fraction of sp³-hybridized carbons (Fsp3) is 0.368. The van der Waals surface area contributed by atoms with Crippen LogP contribution in [0.1, 0.15) is 28.7 Å². The number of rotatable bonds is 2. The van der Waals surface area contributed by atoms with Crippen LogP contribution in [0.5, 0.6) is 5.75 Å². The van der Waals surface area contributed by atoms with Gasteiger partial charge in [-0.1, -0.05) is 42.5 Å². The number of para-hydroxylation sites is 1. The van der Waals surface area contributed by atoms with Crippen molar-refractivity contribution in [3.8, 4) is 5.75 Å². The Bertz CT molecular complexity index is 670. The van der Waals surface area contributed by atoms with Crippen molar-refractivity contribution in [1.29, 1.82) is 0 Å². The van der Waals surface area contributed by atoms with Crippen LogP contribution in [0.2, 0.25) is 0 Å². The van der Waals surface area contributed by atoms with Crippen LogP contribution in [0.25, 0.3) is 0 Å². The molecule has 2 aliphatic rings. The molecule has 0 spiro atoms. The summed E-state index contributed by atoms with van der Waals surface area (Å²) < 4.78 is 5.62. The first-order valence-corrected chi connectivity index (χ1v) is 8.05. The molecule has 0 aliphatic carbocycles. The first-order chi connectivity index (χ1) is 10.9. The number of nitrogens with zero attached hydrogens (tertiary/aromatic N) is 1. The Hall–Kier alpha value is -1.84. The van der Waals surface area contributed by atoms with Crippen LogP contribution >= 0.6 is 0 Å². The number of hydrogen-bond donors (Lipinski definition) is 1. The highest BCUT2D eigenvalue weighted by Crippen LogP contribution is 2.42. The van der Waals surface area contributed by atoms with Crippen LogP contribution in [0.4, 0.5) is 0 Å². The Balaban J connectivity index is 1.82. The third kappa shape index (κ3) is 2.21. The van der Waals surface area contributed by atoms with Gasteiger partial charge in [0.15, 0.2) is 0 Å². The van der Waals surface area contributed by atoms with Crippen molar-refractivity contribution in [1.82, 2.24) is 10.2 Å². The number of nitrogens with one attached hydrogen (secondary N) is 1. The zero-order valence-electron chi connectivity index (χ0n) is 13.0. The van der Waals surface area contributed by atoms with Gasteiger partial charge >= 0.3 is 0 Å². The number of hydrogen-bond acceptors (Lipinski definition) is 3. The molecule has 2 aromatic carbocycles. The average molecular weight is 294 g/mol. The standard InChI is InChI=1S/C19H22N2O/c1-22-19-9-5-4-8-16(19)17-13-21-11-10-20-12-18(21)15-7-3-2-6-14(15)17/h2-9,17-18,20H,10-13H2,1H3/t17-,18-/m1/s1. The fourth-order valence-corrected chi connectivity index (χ4v) is 3.96. The van der Waals surface area contributed by atoms with E-state index in [4.69, 9.17) is 4.74 Å². The Kier molecular flexibility index (Phi) is 3.60. The summed E-state index contributed by atoms with van der Waals surface area (Å²) >= 11 is 0. The lowest BCUT2D eigenvalue weighted by Crippen LogP contribution is -2.50. The largest absolute Gasteiger partial charge is 0.496 e. The summed E-state index contributed by atoms with van der Waals surface area (Å²) in [7, 11) is 1.77. The molecule has 4 rings (SSSR count). The zero-order chi connectivity index (χ0) is 14.9. The minimum Gasteiger partial charge on any atom is -0.496 e. The Morgan fingerprint density at radius 2 is 1.73 bits per heavy atom. The molecule has 0 saturated carbocycles. The fourth-order valence-electron chi connectivity index (χ4n) is 3.96. The summed E-state index contributed by atoms with van der Waals surface area (Å²) in [4.78, 5) is 2.62. The molecule has 22 heavy (non-hydrogen) atoms. The van der Waals surface area contributed by atoms with E-state index < -0.39 is 0 Å². The van der Waals surface area contributed by atoms with Crippen LogP contribution in [-0.4, -0.2) is 38.2 Å². The lowest BCUT2D eigenvalue weighted by Gasteiger charge is -2.44. The van der Waals surface area contributed by atoms with Gasteiger partial charge in [0, 0.05) is 43.7 Å². The van der Waals surface area contributed by atoms with Gasteiger partial charge in [0.25, 0.3) is 0 Å². The summed E-state index contributed by atoms with van der Waals surface area (Å²) in [6.07, 6.45) is 0. The number of benzene rings is 2. The van der Waals surface area contributed by atoms with Crippen molar-refractivity contribution in [2.24, 2.45) is 0 Å². The molecule has 2 atom stereocenters. The van der Waals surface area contributed by atoms with Gasteiger partial charge in [0.2, 0.25) is 0 Å². The minimum atomic E-state index is 0.390. The third-order valence-electron chi connectivity index (χ3n) is 5.02. The first kappa shape index (κ1) is 13.8. The summed E-state index contributed by atoms with van der Waals surface area (Å²) in [5.74, 6) is 1.39. The van der Waals surface area contributed by atoms with Crippen LogP contribution < -0.4 is 10.1 Å². The molecular weight excluding hydrogens is 272 g/mol. The van der Waals surface area contributed by atoms with Gasteiger partial charge in [-0.2, -0.15) is 0 Å². The predicted molar refractivity (Wildman–Crippen MR) is 88.5 cm³/mol. The molecule has 3 nitrogen and oxygen atoms in total. The quantitative estimate of drug-likeness (QED) is 0.922. The second-order valence-corrected chi connectivity index (χ2v) is 6.14. The normalized spacial score (nSPS) is 24.4. The summed E-state index contributed by atoms with van der Waals surface area (Å²) in [5, 5.41) is 3.54. The van der Waals surface area contributed by atoms with Gasteiger partial charge in [-0.15, -0.1) is 0 Å². The molecule has 0 aromatic heterocycles. The van der Waals surface area contributed by atoms with Crippen LogP contribution in [0.3, 0.4) is 0 Å². The van der Waals surface area contributed by atoms with E-state index in [1.165, 1.54) is 16.7 Å². The van der Waals surface area contributed by atoms with E-state index in [1.54, 1.807) is 7.11 Å². The Morgan fingerprint density at radius 3 is 2.55 bits per heavy atom. The zero-order valence-corrected chi connectivity index (χ0v) is 13.0. The molecule has 1 N–H and O–H groups in total. The third-order valence-corrected chi connectivity index (χ3v) is 5.02. The van der Waals surface area contributed by atoms with Crippen LogP contribution in [-0.2, 0) is 0 Å². The maximum atomic E-state index is 5.62. The van der Waals surface area contributed by atoms with Crippen molar-refractivity contribution in [2.45, 2.75) is 12.0 Å². The summed E-state index contributed by atoms with van der Waals surface area (Å²) in [5.41, 5.74) is 4.23. The van der Waals surface area contributed by atoms with Crippen LogP contribution in [0.15, 0.2) is 48.5 Å². The first-order valence-electron chi connectivity index (χ1n) is 8.05. The molecule has 1 saturated heterocycles. The van der Waals surface area contributed by atoms with Gasteiger partial charge < -0.3 is 10.1 Å². The second-order valence-electron chi connectivity index (χ2n) is 6.14. The monoisotopic (exact) mass is 294 g/mol. The Morgan fingerprint density at radius 1 is 1.00 bits per heavy atom.